The lowest BCUT2D eigenvalue weighted by Crippen LogP contribution is -2.38. The SMILES string of the molecule is COc1ccc(N)cc1S(=O)(=O)NC1CCCC1SC. The Morgan fingerprint density at radius 2 is 2.15 bits per heavy atom. The molecule has 2 atom stereocenters. The molecular weight excluding hydrogens is 296 g/mol. The first kappa shape index (κ1) is 15.5. The van der Waals surface area contributed by atoms with Crippen molar-refractivity contribution >= 4 is 27.5 Å². The molecule has 7 heteroatoms. The minimum atomic E-state index is -3.62. The van der Waals surface area contributed by atoms with Gasteiger partial charge in [-0.05, 0) is 37.3 Å². The van der Waals surface area contributed by atoms with Gasteiger partial charge in [0.05, 0.1) is 7.11 Å². The van der Waals surface area contributed by atoms with Gasteiger partial charge in [0.15, 0.2) is 0 Å². The molecule has 0 spiro atoms. The second-order valence-electron chi connectivity index (χ2n) is 4.84. The van der Waals surface area contributed by atoms with E-state index >= 15 is 0 Å². The van der Waals surface area contributed by atoms with Crippen LogP contribution in [0.4, 0.5) is 5.69 Å². The minimum Gasteiger partial charge on any atom is -0.495 e. The normalized spacial score (nSPS) is 22.9. The van der Waals surface area contributed by atoms with Crippen LogP contribution in [0.2, 0.25) is 0 Å². The second kappa shape index (κ2) is 6.24. The molecular formula is C13H20N2O3S2. The molecule has 0 saturated heterocycles. The maximum atomic E-state index is 12.5. The summed E-state index contributed by atoms with van der Waals surface area (Å²) in [6.45, 7) is 0. The summed E-state index contributed by atoms with van der Waals surface area (Å²) >= 11 is 1.71. The molecule has 0 amide bonds. The molecule has 0 heterocycles. The van der Waals surface area contributed by atoms with E-state index in [1.807, 2.05) is 6.26 Å². The number of nitrogen functional groups attached to an aromatic ring is 1. The van der Waals surface area contributed by atoms with Gasteiger partial charge in [-0.15, -0.1) is 0 Å². The Hall–Kier alpha value is -0.920. The predicted molar refractivity (Wildman–Crippen MR) is 82.7 cm³/mol. The highest BCUT2D eigenvalue weighted by Crippen LogP contribution is 2.31. The van der Waals surface area contributed by atoms with Crippen molar-refractivity contribution in [1.82, 2.24) is 4.72 Å². The van der Waals surface area contributed by atoms with Gasteiger partial charge in [0.1, 0.15) is 10.6 Å². The fourth-order valence-corrected chi connectivity index (χ4v) is 5.05. The molecule has 2 unspecified atom stereocenters. The Morgan fingerprint density at radius 1 is 1.40 bits per heavy atom. The second-order valence-corrected chi connectivity index (χ2v) is 7.60. The topological polar surface area (TPSA) is 81.4 Å². The van der Waals surface area contributed by atoms with Crippen LogP contribution in [-0.2, 0) is 10.0 Å². The number of sulfonamides is 1. The average molecular weight is 316 g/mol. The number of benzene rings is 1. The molecule has 5 nitrogen and oxygen atoms in total. The van der Waals surface area contributed by atoms with Gasteiger partial charge < -0.3 is 10.5 Å². The zero-order chi connectivity index (χ0) is 14.8. The molecule has 1 saturated carbocycles. The van der Waals surface area contributed by atoms with Gasteiger partial charge in [-0.2, -0.15) is 11.8 Å². The van der Waals surface area contributed by atoms with Crippen LogP contribution in [0.15, 0.2) is 23.1 Å². The van der Waals surface area contributed by atoms with E-state index in [1.165, 1.54) is 13.2 Å². The quantitative estimate of drug-likeness (QED) is 0.810. The van der Waals surface area contributed by atoms with Crippen molar-refractivity contribution in [2.45, 2.75) is 35.4 Å². The average Bonchev–Trinajstić information content (AvgIpc) is 2.85. The summed E-state index contributed by atoms with van der Waals surface area (Å²) in [6, 6.07) is 4.61. The first-order valence-electron chi connectivity index (χ1n) is 6.46. The first-order valence-corrected chi connectivity index (χ1v) is 9.23. The molecule has 1 aromatic rings. The monoisotopic (exact) mass is 316 g/mol. The largest absolute Gasteiger partial charge is 0.495 e. The summed E-state index contributed by atoms with van der Waals surface area (Å²) in [6.07, 6.45) is 4.98. The molecule has 1 fully saturated rings. The van der Waals surface area contributed by atoms with Crippen LogP contribution in [0.1, 0.15) is 19.3 Å². The predicted octanol–water partition coefficient (Wildman–Crippen LogP) is 1.84. The smallest absolute Gasteiger partial charge is 0.244 e. The summed E-state index contributed by atoms with van der Waals surface area (Å²) in [5, 5.41) is 0.330. The van der Waals surface area contributed by atoms with Gasteiger partial charge in [-0.3, -0.25) is 0 Å². The number of hydrogen-bond donors (Lipinski definition) is 2. The van der Waals surface area contributed by atoms with E-state index in [9.17, 15) is 8.42 Å². The fraction of sp³-hybridized carbons (Fsp3) is 0.538. The van der Waals surface area contributed by atoms with Crippen LogP contribution in [0.3, 0.4) is 0 Å². The Labute approximate surface area is 124 Å². The van der Waals surface area contributed by atoms with Crippen LogP contribution in [-0.4, -0.2) is 33.1 Å². The van der Waals surface area contributed by atoms with Gasteiger partial charge in [-0.1, -0.05) is 6.42 Å². The van der Waals surface area contributed by atoms with E-state index in [4.69, 9.17) is 10.5 Å². The van der Waals surface area contributed by atoms with Crippen molar-refractivity contribution < 1.29 is 13.2 Å². The summed E-state index contributed by atoms with van der Waals surface area (Å²) < 4.78 is 33.0. The minimum absolute atomic E-state index is 0.0267. The third-order valence-electron chi connectivity index (χ3n) is 3.54. The van der Waals surface area contributed by atoms with Gasteiger partial charge in [0, 0.05) is 17.0 Å². The van der Waals surface area contributed by atoms with Gasteiger partial charge in [0.2, 0.25) is 10.0 Å². The third kappa shape index (κ3) is 3.21. The fourth-order valence-electron chi connectivity index (χ4n) is 2.51. The number of rotatable bonds is 5. The summed E-state index contributed by atoms with van der Waals surface area (Å²) in [7, 11) is -2.17. The molecule has 1 aromatic carbocycles. The summed E-state index contributed by atoms with van der Waals surface area (Å²) in [4.78, 5) is 0.103. The Bertz CT molecular complexity index is 575. The Balaban J connectivity index is 2.28. The van der Waals surface area contributed by atoms with Crippen molar-refractivity contribution in [3.8, 4) is 5.75 Å². The van der Waals surface area contributed by atoms with E-state index in [1.54, 1.807) is 23.9 Å². The van der Waals surface area contributed by atoms with Crippen molar-refractivity contribution in [3.05, 3.63) is 18.2 Å². The number of ether oxygens (including phenoxy) is 1. The molecule has 112 valence electrons. The number of nitrogens with two attached hydrogens (primary N) is 1. The highest BCUT2D eigenvalue weighted by atomic mass is 32.2. The van der Waals surface area contributed by atoms with Gasteiger partial charge in [-0.25, -0.2) is 13.1 Å². The standard InChI is InChI=1S/C13H20N2O3S2/c1-18-11-7-6-9(14)8-13(11)20(16,17)15-10-4-3-5-12(10)19-2/h6-8,10,12,15H,3-5,14H2,1-2H3. The molecule has 20 heavy (non-hydrogen) atoms. The Kier molecular flexibility index (Phi) is 4.82. The molecule has 0 bridgehead atoms. The van der Waals surface area contributed by atoms with Crippen LogP contribution < -0.4 is 15.2 Å². The number of methoxy groups -OCH3 is 1. The van der Waals surface area contributed by atoms with Crippen molar-refractivity contribution in [2.24, 2.45) is 0 Å². The van der Waals surface area contributed by atoms with Gasteiger partial charge >= 0.3 is 0 Å². The van der Waals surface area contributed by atoms with E-state index in [2.05, 4.69) is 4.72 Å². The van der Waals surface area contributed by atoms with Crippen molar-refractivity contribution in [2.75, 3.05) is 19.1 Å². The number of hydrogen-bond acceptors (Lipinski definition) is 5. The maximum Gasteiger partial charge on any atom is 0.244 e. The lowest BCUT2D eigenvalue weighted by Gasteiger charge is -2.20. The number of thioether (sulfide) groups is 1. The van der Waals surface area contributed by atoms with Crippen LogP contribution >= 0.6 is 11.8 Å². The van der Waals surface area contributed by atoms with Crippen molar-refractivity contribution in [3.63, 3.8) is 0 Å². The Morgan fingerprint density at radius 3 is 2.80 bits per heavy atom. The molecule has 0 aromatic heterocycles. The highest BCUT2D eigenvalue weighted by Gasteiger charge is 2.31. The third-order valence-corrected chi connectivity index (χ3v) is 6.22. The first-order chi connectivity index (χ1) is 9.47. The van der Waals surface area contributed by atoms with E-state index in [0.717, 1.165) is 19.3 Å². The zero-order valence-electron chi connectivity index (χ0n) is 11.6. The van der Waals surface area contributed by atoms with E-state index in [0.29, 0.717) is 16.7 Å². The summed E-state index contributed by atoms with van der Waals surface area (Å²) in [5.74, 6) is 0.311. The number of nitrogens with one attached hydrogen (secondary N) is 1. The van der Waals surface area contributed by atoms with Gasteiger partial charge in [0.25, 0.3) is 0 Å². The molecule has 1 aliphatic rings. The summed E-state index contributed by atoms with van der Waals surface area (Å²) in [5.41, 5.74) is 6.09. The molecule has 0 radical (unpaired) electrons. The molecule has 0 aliphatic heterocycles. The van der Waals surface area contributed by atoms with E-state index < -0.39 is 10.0 Å². The van der Waals surface area contributed by atoms with Crippen LogP contribution in [0, 0.1) is 0 Å². The highest BCUT2D eigenvalue weighted by molar-refractivity contribution is 7.99. The number of anilines is 1. The lowest BCUT2D eigenvalue weighted by molar-refractivity contribution is 0.402. The molecule has 2 rings (SSSR count). The molecule has 1 aliphatic carbocycles. The van der Waals surface area contributed by atoms with Crippen molar-refractivity contribution in [1.29, 1.82) is 0 Å². The van der Waals surface area contributed by atoms with Crippen LogP contribution in [0.5, 0.6) is 5.75 Å². The van der Waals surface area contributed by atoms with Crippen LogP contribution in [0.25, 0.3) is 0 Å². The maximum absolute atomic E-state index is 12.5. The molecule has 3 N–H and O–H groups in total. The lowest BCUT2D eigenvalue weighted by atomic mass is 10.3. The zero-order valence-corrected chi connectivity index (χ0v) is 13.3. The van der Waals surface area contributed by atoms with E-state index in [-0.39, 0.29) is 10.9 Å².